The SMILES string of the molecule is CN1CCN(c2ccc3c(O)c(C(=O)NCc4ccc(C#N)cc4Cl)ncc3n2)CC1=O. The van der Waals surface area contributed by atoms with Gasteiger partial charge in [-0.15, -0.1) is 0 Å². The quantitative estimate of drug-likeness (QED) is 0.623. The van der Waals surface area contributed by atoms with Gasteiger partial charge in [0, 0.05) is 37.1 Å². The summed E-state index contributed by atoms with van der Waals surface area (Å²) < 4.78 is 0. The second kappa shape index (κ2) is 8.69. The van der Waals surface area contributed by atoms with Crippen molar-refractivity contribution < 1.29 is 14.7 Å². The molecule has 0 saturated carbocycles. The van der Waals surface area contributed by atoms with E-state index in [0.717, 1.165) is 0 Å². The van der Waals surface area contributed by atoms with E-state index in [9.17, 15) is 14.7 Å². The molecule has 162 valence electrons. The summed E-state index contributed by atoms with van der Waals surface area (Å²) >= 11 is 6.14. The van der Waals surface area contributed by atoms with Crippen molar-refractivity contribution in [2.75, 3.05) is 31.6 Å². The molecule has 3 heterocycles. The van der Waals surface area contributed by atoms with Crippen molar-refractivity contribution in [2.45, 2.75) is 6.54 Å². The number of hydrogen-bond acceptors (Lipinski definition) is 7. The highest BCUT2D eigenvalue weighted by Gasteiger charge is 2.23. The van der Waals surface area contributed by atoms with Crippen LogP contribution in [0.5, 0.6) is 5.75 Å². The zero-order valence-corrected chi connectivity index (χ0v) is 17.9. The predicted octanol–water partition coefficient (Wildman–Crippen LogP) is 2.07. The summed E-state index contributed by atoms with van der Waals surface area (Å²) in [6.07, 6.45) is 1.42. The number of nitriles is 1. The molecule has 32 heavy (non-hydrogen) atoms. The number of aromatic hydroxyl groups is 1. The van der Waals surface area contributed by atoms with Crippen molar-refractivity contribution in [3.63, 3.8) is 0 Å². The first kappa shape index (κ1) is 21.3. The first-order valence-electron chi connectivity index (χ1n) is 9.81. The number of piperazine rings is 1. The lowest BCUT2D eigenvalue weighted by atomic mass is 10.1. The van der Waals surface area contributed by atoms with Gasteiger partial charge < -0.3 is 20.2 Å². The number of pyridine rings is 2. The van der Waals surface area contributed by atoms with Crippen LogP contribution >= 0.6 is 11.6 Å². The molecule has 0 spiro atoms. The van der Waals surface area contributed by atoms with Gasteiger partial charge in [0.25, 0.3) is 5.91 Å². The third kappa shape index (κ3) is 4.13. The smallest absolute Gasteiger partial charge is 0.274 e. The molecule has 0 bridgehead atoms. The van der Waals surface area contributed by atoms with Crippen LogP contribution < -0.4 is 10.2 Å². The standard InChI is InChI=1S/C22H19ClN6O3/c1-28-6-7-29(12-19(28)30)18-5-4-15-17(27-18)11-25-20(21(15)31)22(32)26-10-14-3-2-13(9-24)8-16(14)23/h2-5,8,11,31H,6-7,10,12H2,1H3,(H,26,32). The number of rotatable bonds is 4. The Morgan fingerprint density at radius 2 is 2.12 bits per heavy atom. The van der Waals surface area contributed by atoms with E-state index in [1.54, 1.807) is 36.2 Å². The number of hydrogen-bond donors (Lipinski definition) is 2. The van der Waals surface area contributed by atoms with Crippen LogP contribution in [0.1, 0.15) is 21.6 Å². The molecule has 1 aromatic carbocycles. The van der Waals surface area contributed by atoms with E-state index in [1.807, 2.05) is 11.0 Å². The number of fused-ring (bicyclic) bond motifs is 1. The van der Waals surface area contributed by atoms with Gasteiger partial charge >= 0.3 is 0 Å². The highest BCUT2D eigenvalue weighted by atomic mass is 35.5. The summed E-state index contributed by atoms with van der Waals surface area (Å²) in [6.45, 7) is 1.59. The van der Waals surface area contributed by atoms with E-state index in [-0.39, 0.29) is 30.4 Å². The van der Waals surface area contributed by atoms with Crippen molar-refractivity contribution in [1.29, 1.82) is 5.26 Å². The second-order valence-corrected chi connectivity index (χ2v) is 7.80. The van der Waals surface area contributed by atoms with Gasteiger partial charge in [-0.2, -0.15) is 5.26 Å². The molecular formula is C22H19ClN6O3. The molecule has 4 rings (SSSR count). The Morgan fingerprint density at radius 3 is 2.84 bits per heavy atom. The summed E-state index contributed by atoms with van der Waals surface area (Å²) in [5, 5.41) is 22.9. The molecule has 1 fully saturated rings. The summed E-state index contributed by atoms with van der Waals surface area (Å²) in [5.41, 5.74) is 1.34. The maximum atomic E-state index is 12.6. The summed E-state index contributed by atoms with van der Waals surface area (Å²) in [7, 11) is 1.76. The second-order valence-electron chi connectivity index (χ2n) is 7.40. The third-order valence-corrected chi connectivity index (χ3v) is 5.68. The Balaban J connectivity index is 1.52. The minimum absolute atomic E-state index is 0.00788. The molecule has 1 saturated heterocycles. The van der Waals surface area contributed by atoms with Crippen LogP contribution in [0.3, 0.4) is 0 Å². The Kier molecular flexibility index (Phi) is 5.79. The van der Waals surface area contributed by atoms with Crippen LogP contribution in [0, 0.1) is 11.3 Å². The molecule has 2 amide bonds. The average Bonchev–Trinajstić information content (AvgIpc) is 2.79. The molecule has 0 atom stereocenters. The average molecular weight is 451 g/mol. The van der Waals surface area contributed by atoms with Crippen molar-refractivity contribution in [3.8, 4) is 11.8 Å². The number of nitrogens with zero attached hydrogens (tertiary/aromatic N) is 5. The molecule has 2 aromatic heterocycles. The minimum atomic E-state index is -0.571. The van der Waals surface area contributed by atoms with E-state index in [0.29, 0.717) is 46.0 Å². The van der Waals surface area contributed by atoms with E-state index < -0.39 is 5.91 Å². The van der Waals surface area contributed by atoms with Crippen molar-refractivity contribution in [1.82, 2.24) is 20.2 Å². The number of amides is 2. The number of likely N-dealkylation sites (N-methyl/N-ethyl adjacent to an activating group) is 1. The van der Waals surface area contributed by atoms with Gasteiger partial charge in [0.15, 0.2) is 11.4 Å². The number of aromatic nitrogens is 2. The number of carbonyl (C=O) groups excluding carboxylic acids is 2. The summed E-state index contributed by atoms with van der Waals surface area (Å²) in [6, 6.07) is 10.1. The van der Waals surface area contributed by atoms with Crippen molar-refractivity contribution in [2.24, 2.45) is 0 Å². The summed E-state index contributed by atoms with van der Waals surface area (Å²) in [4.78, 5) is 36.7. The number of carbonyl (C=O) groups is 2. The molecule has 0 unspecified atom stereocenters. The highest BCUT2D eigenvalue weighted by molar-refractivity contribution is 6.31. The zero-order chi connectivity index (χ0) is 22.8. The van der Waals surface area contributed by atoms with E-state index in [2.05, 4.69) is 15.3 Å². The molecule has 3 aromatic rings. The van der Waals surface area contributed by atoms with Gasteiger partial charge in [0.2, 0.25) is 5.91 Å². The molecule has 9 nitrogen and oxygen atoms in total. The molecule has 0 aliphatic carbocycles. The van der Waals surface area contributed by atoms with Crippen LogP contribution in [-0.2, 0) is 11.3 Å². The fraction of sp³-hybridized carbons (Fsp3) is 0.227. The summed E-state index contributed by atoms with van der Waals surface area (Å²) in [5.74, 6) is -0.237. The van der Waals surface area contributed by atoms with Gasteiger partial charge in [-0.1, -0.05) is 17.7 Å². The molecule has 2 N–H and O–H groups in total. The van der Waals surface area contributed by atoms with Crippen molar-refractivity contribution in [3.05, 3.63) is 58.4 Å². The topological polar surface area (TPSA) is 122 Å². The van der Waals surface area contributed by atoms with Gasteiger partial charge in [0.05, 0.1) is 29.9 Å². The lowest BCUT2D eigenvalue weighted by Crippen LogP contribution is -2.48. The van der Waals surface area contributed by atoms with E-state index in [1.165, 1.54) is 12.3 Å². The largest absolute Gasteiger partial charge is 0.505 e. The Labute approximate surface area is 188 Å². The maximum Gasteiger partial charge on any atom is 0.274 e. The Morgan fingerprint density at radius 1 is 1.31 bits per heavy atom. The van der Waals surface area contributed by atoms with Crippen LogP contribution in [-0.4, -0.2) is 58.5 Å². The van der Waals surface area contributed by atoms with Gasteiger partial charge in [0.1, 0.15) is 5.82 Å². The molecule has 1 aliphatic heterocycles. The zero-order valence-electron chi connectivity index (χ0n) is 17.2. The van der Waals surface area contributed by atoms with Crippen LogP contribution in [0.15, 0.2) is 36.5 Å². The Hall–Kier alpha value is -3.90. The third-order valence-electron chi connectivity index (χ3n) is 5.32. The van der Waals surface area contributed by atoms with E-state index >= 15 is 0 Å². The van der Waals surface area contributed by atoms with Crippen LogP contribution in [0.25, 0.3) is 10.9 Å². The lowest BCUT2D eigenvalue weighted by Gasteiger charge is -2.32. The Bertz CT molecular complexity index is 1270. The highest BCUT2D eigenvalue weighted by Crippen LogP contribution is 2.28. The fourth-order valence-electron chi connectivity index (χ4n) is 3.39. The van der Waals surface area contributed by atoms with Crippen LogP contribution in [0.2, 0.25) is 5.02 Å². The number of nitrogens with one attached hydrogen (secondary N) is 1. The lowest BCUT2D eigenvalue weighted by molar-refractivity contribution is -0.129. The first-order chi connectivity index (χ1) is 15.4. The number of anilines is 1. The molecule has 1 aliphatic rings. The maximum absolute atomic E-state index is 12.6. The number of halogens is 1. The monoisotopic (exact) mass is 450 g/mol. The minimum Gasteiger partial charge on any atom is -0.505 e. The van der Waals surface area contributed by atoms with Gasteiger partial charge in [-0.05, 0) is 29.8 Å². The van der Waals surface area contributed by atoms with E-state index in [4.69, 9.17) is 16.9 Å². The van der Waals surface area contributed by atoms with Crippen LogP contribution in [0.4, 0.5) is 5.82 Å². The van der Waals surface area contributed by atoms with Gasteiger partial charge in [-0.25, -0.2) is 9.97 Å². The fourth-order valence-corrected chi connectivity index (χ4v) is 3.64. The molecule has 10 heteroatoms. The predicted molar refractivity (Wildman–Crippen MR) is 118 cm³/mol. The normalized spacial score (nSPS) is 13.8. The number of benzene rings is 1. The first-order valence-corrected chi connectivity index (χ1v) is 10.2. The molecule has 0 radical (unpaired) electrons. The van der Waals surface area contributed by atoms with Gasteiger partial charge in [-0.3, -0.25) is 9.59 Å². The molecular weight excluding hydrogens is 432 g/mol. The van der Waals surface area contributed by atoms with Crippen molar-refractivity contribution >= 4 is 40.1 Å².